The van der Waals surface area contributed by atoms with Crippen molar-refractivity contribution in [3.05, 3.63) is 35.4 Å². The van der Waals surface area contributed by atoms with Gasteiger partial charge in [0.25, 0.3) is 11.8 Å². The van der Waals surface area contributed by atoms with Crippen molar-refractivity contribution in [2.45, 2.75) is 13.8 Å². The molecule has 21 heavy (non-hydrogen) atoms. The number of imide groups is 1. The van der Waals surface area contributed by atoms with E-state index < -0.39 is 11.8 Å². The lowest BCUT2D eigenvalue weighted by Crippen LogP contribution is -2.31. The van der Waals surface area contributed by atoms with Crippen molar-refractivity contribution in [2.24, 2.45) is 0 Å². The van der Waals surface area contributed by atoms with E-state index >= 15 is 0 Å². The molecule has 6 nitrogen and oxygen atoms in total. The van der Waals surface area contributed by atoms with Crippen LogP contribution in [0.3, 0.4) is 0 Å². The largest absolute Gasteiger partial charge is 0.383 e. The zero-order valence-electron chi connectivity index (χ0n) is 11.4. The highest BCUT2D eigenvalue weighted by molar-refractivity contribution is 6.20. The van der Waals surface area contributed by atoms with Gasteiger partial charge in [-0.3, -0.25) is 14.4 Å². The molecule has 1 aromatic carbocycles. The van der Waals surface area contributed by atoms with Crippen molar-refractivity contribution in [1.29, 1.82) is 0 Å². The monoisotopic (exact) mass is 294 g/mol. The Balaban J connectivity index is 0.00000220. The van der Waals surface area contributed by atoms with Crippen LogP contribution in [0.2, 0.25) is 0 Å². The summed E-state index contributed by atoms with van der Waals surface area (Å²) in [6.45, 7) is 2.47. The van der Waals surface area contributed by atoms with Crippen LogP contribution in [0.15, 0.2) is 24.3 Å². The fraction of sp³-hybridized carbons (Fsp3) is 0.467. The van der Waals surface area contributed by atoms with Crippen LogP contribution in [0.1, 0.15) is 34.6 Å². The first-order valence-corrected chi connectivity index (χ1v) is 6.56. The maximum atomic E-state index is 12.0. The van der Waals surface area contributed by atoms with Crippen LogP contribution in [0.4, 0.5) is 0 Å². The van der Waals surface area contributed by atoms with Gasteiger partial charge in [-0.1, -0.05) is 19.6 Å². The van der Waals surface area contributed by atoms with Gasteiger partial charge in [0.1, 0.15) is 0 Å². The van der Waals surface area contributed by atoms with Gasteiger partial charge in [0, 0.05) is 13.7 Å². The third-order valence-electron chi connectivity index (χ3n) is 2.96. The molecule has 116 valence electrons. The van der Waals surface area contributed by atoms with Gasteiger partial charge in [-0.15, -0.1) is 5.06 Å². The number of hydroxylamine groups is 2. The third-order valence-corrected chi connectivity index (χ3v) is 2.96. The summed E-state index contributed by atoms with van der Waals surface area (Å²) < 4.78 is 4.90. The molecule has 1 aliphatic heterocycles. The van der Waals surface area contributed by atoms with Crippen molar-refractivity contribution < 1.29 is 19.2 Å². The van der Waals surface area contributed by atoms with Crippen molar-refractivity contribution in [3.63, 3.8) is 0 Å². The first-order chi connectivity index (χ1) is 9.75. The lowest BCUT2D eigenvalue weighted by Gasteiger charge is -2.13. The number of rotatable bonds is 8. The van der Waals surface area contributed by atoms with Gasteiger partial charge in [0.15, 0.2) is 0 Å². The Labute approximate surface area is 125 Å². The van der Waals surface area contributed by atoms with Crippen LogP contribution in [0.5, 0.6) is 0 Å². The minimum Gasteiger partial charge on any atom is -0.383 e. The zero-order valence-corrected chi connectivity index (χ0v) is 11.4. The molecule has 0 aromatic heterocycles. The summed E-state index contributed by atoms with van der Waals surface area (Å²) in [5.41, 5.74) is 0.798. The molecule has 0 bridgehead atoms. The number of amides is 2. The van der Waals surface area contributed by atoms with Crippen molar-refractivity contribution >= 4 is 11.8 Å². The van der Waals surface area contributed by atoms with E-state index in [9.17, 15) is 9.59 Å². The number of benzene rings is 1. The first-order valence-electron chi connectivity index (χ1n) is 6.56. The second kappa shape index (κ2) is 8.51. The van der Waals surface area contributed by atoms with Gasteiger partial charge in [0.2, 0.25) is 0 Å². The van der Waals surface area contributed by atoms with Gasteiger partial charge in [-0.25, -0.2) is 0 Å². The zero-order chi connectivity index (χ0) is 14.4. The Morgan fingerprint density at radius 3 is 2.24 bits per heavy atom. The van der Waals surface area contributed by atoms with Crippen LogP contribution in [-0.4, -0.2) is 50.3 Å². The minimum atomic E-state index is -0.391. The van der Waals surface area contributed by atoms with E-state index in [0.29, 0.717) is 30.8 Å². The third kappa shape index (κ3) is 4.10. The number of methoxy groups -OCH3 is 1. The lowest BCUT2D eigenvalue weighted by atomic mass is 10.1. The highest BCUT2D eigenvalue weighted by Gasteiger charge is 2.36. The Morgan fingerprint density at radius 2 is 1.67 bits per heavy atom. The number of hydrogen-bond donors (Lipinski definition) is 1. The van der Waals surface area contributed by atoms with E-state index in [1.807, 2.05) is 0 Å². The number of fused-ring (bicyclic) bond motifs is 1. The summed E-state index contributed by atoms with van der Waals surface area (Å²) in [5, 5.41) is 4.00. The predicted octanol–water partition coefficient (Wildman–Crippen LogP) is 1.48. The molecule has 1 heterocycles. The molecule has 0 saturated heterocycles. The number of ether oxygens (including phenoxy) is 1. The topological polar surface area (TPSA) is 67.9 Å². The molecule has 0 atom stereocenters. The molecule has 1 aliphatic rings. The average molecular weight is 294 g/mol. The standard InChI is InChI=1S/C14H18N2O4.CH4/c1-19-10-8-15-7-4-9-20-16-13(17)11-5-2-3-6-12(11)14(16)18;/h2-3,5-6,15H,4,7-10H2,1H3;1H4. The number of nitrogens with zero attached hydrogens (tertiary/aromatic N) is 1. The Bertz CT molecular complexity index is 455. The van der Waals surface area contributed by atoms with Crippen molar-refractivity contribution in [1.82, 2.24) is 10.4 Å². The number of hydrogen-bond acceptors (Lipinski definition) is 5. The molecule has 2 rings (SSSR count). The Kier molecular flexibility index (Phi) is 7.01. The Morgan fingerprint density at radius 1 is 1.05 bits per heavy atom. The van der Waals surface area contributed by atoms with Crippen LogP contribution >= 0.6 is 0 Å². The maximum Gasteiger partial charge on any atom is 0.285 e. The van der Waals surface area contributed by atoms with Gasteiger partial charge in [-0.2, -0.15) is 0 Å². The summed E-state index contributed by atoms with van der Waals surface area (Å²) in [5.74, 6) is -0.782. The maximum absolute atomic E-state index is 12.0. The van der Waals surface area contributed by atoms with E-state index in [1.165, 1.54) is 0 Å². The fourth-order valence-corrected chi connectivity index (χ4v) is 1.94. The number of carbonyl (C=O) groups is 2. The van der Waals surface area contributed by atoms with Gasteiger partial charge >= 0.3 is 0 Å². The number of carbonyl (C=O) groups excluding carboxylic acids is 2. The molecular weight excluding hydrogens is 272 g/mol. The molecular formula is C15H22N2O4. The van der Waals surface area contributed by atoms with Gasteiger partial charge in [-0.05, 0) is 25.1 Å². The molecule has 0 aliphatic carbocycles. The SMILES string of the molecule is C.COCCNCCCON1C(=O)c2ccccc2C1=O. The summed E-state index contributed by atoms with van der Waals surface area (Å²) in [4.78, 5) is 29.2. The summed E-state index contributed by atoms with van der Waals surface area (Å²) in [6.07, 6.45) is 0.705. The smallest absolute Gasteiger partial charge is 0.285 e. The molecule has 0 saturated carbocycles. The van der Waals surface area contributed by atoms with Crippen LogP contribution < -0.4 is 5.32 Å². The second-order valence-electron chi connectivity index (χ2n) is 4.38. The van der Waals surface area contributed by atoms with Crippen LogP contribution in [0.25, 0.3) is 0 Å². The number of nitrogens with one attached hydrogen (secondary N) is 1. The molecule has 0 spiro atoms. The lowest BCUT2D eigenvalue weighted by molar-refractivity contribution is -0.0917. The summed E-state index contributed by atoms with van der Waals surface area (Å²) in [7, 11) is 1.65. The van der Waals surface area contributed by atoms with Gasteiger partial charge in [0.05, 0.1) is 24.3 Å². The quantitative estimate of drug-likeness (QED) is 0.581. The molecule has 2 amide bonds. The molecule has 0 unspecified atom stereocenters. The van der Waals surface area contributed by atoms with E-state index in [-0.39, 0.29) is 7.43 Å². The van der Waals surface area contributed by atoms with Gasteiger partial charge < -0.3 is 10.1 Å². The molecule has 1 aromatic rings. The first kappa shape index (κ1) is 17.3. The highest BCUT2D eigenvalue weighted by atomic mass is 16.7. The molecule has 0 radical (unpaired) electrons. The van der Waals surface area contributed by atoms with E-state index in [0.717, 1.165) is 18.2 Å². The predicted molar refractivity (Wildman–Crippen MR) is 79.0 cm³/mol. The molecule has 1 N–H and O–H groups in total. The van der Waals surface area contributed by atoms with E-state index in [4.69, 9.17) is 9.57 Å². The van der Waals surface area contributed by atoms with E-state index in [1.54, 1.807) is 31.4 Å². The fourth-order valence-electron chi connectivity index (χ4n) is 1.94. The van der Waals surface area contributed by atoms with Crippen molar-refractivity contribution in [2.75, 3.05) is 33.4 Å². The van der Waals surface area contributed by atoms with E-state index in [2.05, 4.69) is 5.32 Å². The van der Waals surface area contributed by atoms with Crippen LogP contribution in [-0.2, 0) is 9.57 Å². The summed E-state index contributed by atoms with van der Waals surface area (Å²) >= 11 is 0. The molecule has 6 heteroatoms. The summed E-state index contributed by atoms with van der Waals surface area (Å²) in [6, 6.07) is 6.72. The minimum absolute atomic E-state index is 0. The average Bonchev–Trinajstić information content (AvgIpc) is 2.71. The van der Waals surface area contributed by atoms with Crippen LogP contribution in [0, 0.1) is 0 Å². The normalized spacial score (nSPS) is 13.3. The highest BCUT2D eigenvalue weighted by Crippen LogP contribution is 2.22. The van der Waals surface area contributed by atoms with Crippen molar-refractivity contribution in [3.8, 4) is 0 Å². The Hall–Kier alpha value is -1.76. The second-order valence-corrected chi connectivity index (χ2v) is 4.38. The molecule has 0 fully saturated rings.